The number of carbonyl (C=O) groups is 1. The minimum absolute atomic E-state index is 0.110. The van der Waals surface area contributed by atoms with Crippen molar-refractivity contribution in [3.63, 3.8) is 0 Å². The predicted octanol–water partition coefficient (Wildman–Crippen LogP) is 1.07. The first-order valence-electron chi connectivity index (χ1n) is 7.20. The van der Waals surface area contributed by atoms with Gasteiger partial charge in [-0.25, -0.2) is 4.39 Å². The molecular weight excluding hydrogens is 303 g/mol. The first-order chi connectivity index (χ1) is 10.8. The maximum atomic E-state index is 13.2. The molecule has 2 aromatic rings. The number of fused-ring (bicyclic) bond motifs is 1. The minimum atomic E-state index is -1.41. The Morgan fingerprint density at radius 2 is 2.00 bits per heavy atom. The first kappa shape index (κ1) is 15.5. The normalized spacial score (nSPS) is 26.6. The molecule has 1 heterocycles. The molecule has 1 aromatic heterocycles. The number of aromatic nitrogens is 2. The van der Waals surface area contributed by atoms with Crippen molar-refractivity contribution in [1.82, 2.24) is 10.2 Å². The topological polar surface area (TPSA) is 95.2 Å². The number of aromatic amines is 2. The smallest absolute Gasteiger partial charge is 0.312 e. The summed E-state index contributed by atoms with van der Waals surface area (Å²) < 4.78 is 18.1. The lowest BCUT2D eigenvalue weighted by atomic mass is 9.66. The van der Waals surface area contributed by atoms with Crippen molar-refractivity contribution >= 4 is 5.97 Å². The number of halogens is 1. The second-order valence-corrected chi connectivity index (χ2v) is 6.04. The highest BCUT2D eigenvalue weighted by atomic mass is 19.1. The Labute approximate surface area is 131 Å². The number of rotatable bonds is 2. The summed E-state index contributed by atoms with van der Waals surface area (Å²) in [5, 5.41) is 16.0. The van der Waals surface area contributed by atoms with Crippen LogP contribution in [0.15, 0.2) is 29.1 Å². The summed E-state index contributed by atoms with van der Waals surface area (Å²) in [5.41, 5.74) is -0.301. The summed E-state index contributed by atoms with van der Waals surface area (Å²) in [6.07, 6.45) is 0.110. The van der Waals surface area contributed by atoms with Crippen molar-refractivity contribution in [3.8, 4) is 0 Å². The van der Waals surface area contributed by atoms with Crippen LogP contribution < -0.4 is 5.56 Å². The van der Waals surface area contributed by atoms with Crippen LogP contribution in [0, 0.1) is 11.7 Å². The van der Waals surface area contributed by atoms with E-state index in [0.717, 1.165) is 0 Å². The van der Waals surface area contributed by atoms with E-state index in [0.29, 0.717) is 16.8 Å². The number of methoxy groups -OCH3 is 1. The zero-order valence-corrected chi connectivity index (χ0v) is 12.7. The Morgan fingerprint density at radius 1 is 1.35 bits per heavy atom. The molecule has 0 amide bonds. The first-order valence-corrected chi connectivity index (χ1v) is 7.20. The molecule has 1 aliphatic rings. The van der Waals surface area contributed by atoms with Crippen molar-refractivity contribution in [1.29, 1.82) is 0 Å². The molecule has 0 spiro atoms. The monoisotopic (exact) mass is 320 g/mol. The number of ether oxygens (including phenoxy) is 1. The van der Waals surface area contributed by atoms with Gasteiger partial charge in [0.05, 0.1) is 18.6 Å². The molecule has 0 saturated carbocycles. The van der Waals surface area contributed by atoms with E-state index in [4.69, 9.17) is 4.74 Å². The second-order valence-electron chi connectivity index (χ2n) is 6.04. The maximum absolute atomic E-state index is 13.2. The number of benzene rings is 1. The summed E-state index contributed by atoms with van der Waals surface area (Å²) in [4.78, 5) is 24.5. The highest BCUT2D eigenvalue weighted by Gasteiger charge is 2.51. The van der Waals surface area contributed by atoms with Crippen molar-refractivity contribution < 1.29 is 19.0 Å². The van der Waals surface area contributed by atoms with E-state index in [1.807, 2.05) is 0 Å². The van der Waals surface area contributed by atoms with Crippen LogP contribution in [0.4, 0.5) is 4.39 Å². The summed E-state index contributed by atoms with van der Waals surface area (Å²) in [6.45, 7) is 1.53. The van der Waals surface area contributed by atoms with Crippen LogP contribution in [0.25, 0.3) is 0 Å². The lowest BCUT2D eigenvalue weighted by Crippen LogP contribution is -2.49. The van der Waals surface area contributed by atoms with Gasteiger partial charge in [-0.05, 0) is 24.6 Å². The van der Waals surface area contributed by atoms with Crippen LogP contribution in [-0.4, -0.2) is 34.0 Å². The van der Waals surface area contributed by atoms with Crippen LogP contribution in [0.5, 0.6) is 0 Å². The standard InChI is InChI=1S/C16H17FN2O4/c1-16(22)7-10-12(14(20)19-18-10)11(13(16)15(21)23-2)8-3-5-9(17)6-4-8/h3-6,11,13,22H,7H2,1-2H3,(H2,18,19,20)/t11-,13+,16+/m0/s1. The van der Waals surface area contributed by atoms with Gasteiger partial charge in [0.2, 0.25) is 0 Å². The number of carbonyl (C=O) groups excluding carboxylic acids is 1. The van der Waals surface area contributed by atoms with Gasteiger partial charge in [0.1, 0.15) is 5.82 Å². The molecule has 0 unspecified atom stereocenters. The van der Waals surface area contributed by atoms with E-state index in [1.54, 1.807) is 0 Å². The quantitative estimate of drug-likeness (QED) is 0.721. The maximum Gasteiger partial charge on any atom is 0.312 e. The zero-order valence-electron chi connectivity index (χ0n) is 12.7. The summed E-state index contributed by atoms with van der Waals surface area (Å²) in [6, 6.07) is 5.53. The van der Waals surface area contributed by atoms with Gasteiger partial charge >= 0.3 is 5.97 Å². The van der Waals surface area contributed by atoms with Gasteiger partial charge in [0.25, 0.3) is 5.56 Å². The molecule has 23 heavy (non-hydrogen) atoms. The molecule has 0 aliphatic heterocycles. The molecule has 1 aromatic carbocycles. The SMILES string of the molecule is COC(=O)[C@H]1[C@@H](c2ccc(F)cc2)c2c([nH][nH]c2=O)C[C@@]1(C)O. The van der Waals surface area contributed by atoms with E-state index in [9.17, 15) is 19.1 Å². The average Bonchev–Trinajstić information content (AvgIpc) is 2.85. The van der Waals surface area contributed by atoms with Gasteiger partial charge in [-0.15, -0.1) is 0 Å². The van der Waals surface area contributed by atoms with Gasteiger partial charge in [-0.2, -0.15) is 0 Å². The highest BCUT2D eigenvalue weighted by Crippen LogP contribution is 2.44. The third kappa shape index (κ3) is 2.46. The Morgan fingerprint density at radius 3 is 2.61 bits per heavy atom. The van der Waals surface area contributed by atoms with E-state index in [2.05, 4.69) is 10.2 Å². The van der Waals surface area contributed by atoms with Crippen LogP contribution in [-0.2, 0) is 16.0 Å². The zero-order chi connectivity index (χ0) is 16.8. The van der Waals surface area contributed by atoms with Crippen molar-refractivity contribution in [2.45, 2.75) is 24.9 Å². The van der Waals surface area contributed by atoms with Gasteiger partial charge in [-0.3, -0.25) is 14.7 Å². The second kappa shape index (κ2) is 5.34. The van der Waals surface area contributed by atoms with Crippen LogP contribution in [0.3, 0.4) is 0 Å². The number of esters is 1. The molecule has 122 valence electrons. The molecule has 6 nitrogen and oxygen atoms in total. The van der Waals surface area contributed by atoms with Gasteiger partial charge in [-0.1, -0.05) is 12.1 Å². The average molecular weight is 320 g/mol. The van der Waals surface area contributed by atoms with Crippen LogP contribution in [0.2, 0.25) is 0 Å². The van der Waals surface area contributed by atoms with Gasteiger partial charge < -0.3 is 14.9 Å². The summed E-state index contributed by atoms with van der Waals surface area (Å²) in [5.74, 6) is -2.73. The van der Waals surface area contributed by atoms with E-state index >= 15 is 0 Å². The fourth-order valence-corrected chi connectivity index (χ4v) is 3.41. The summed E-state index contributed by atoms with van der Waals surface area (Å²) >= 11 is 0. The Kier molecular flexibility index (Phi) is 3.60. The number of aliphatic hydroxyl groups is 1. The molecule has 0 radical (unpaired) electrons. The molecule has 1 aliphatic carbocycles. The third-order valence-corrected chi connectivity index (χ3v) is 4.43. The van der Waals surface area contributed by atoms with E-state index < -0.39 is 29.2 Å². The molecule has 3 N–H and O–H groups in total. The molecule has 3 atom stereocenters. The van der Waals surface area contributed by atoms with Crippen LogP contribution >= 0.6 is 0 Å². The highest BCUT2D eigenvalue weighted by molar-refractivity contribution is 5.77. The van der Waals surface area contributed by atoms with Crippen molar-refractivity contribution in [2.75, 3.05) is 7.11 Å². The Hall–Kier alpha value is -2.41. The molecule has 0 bridgehead atoms. The molecule has 3 rings (SSSR count). The Balaban J connectivity index is 2.24. The van der Waals surface area contributed by atoms with Crippen molar-refractivity contribution in [2.24, 2.45) is 5.92 Å². The number of H-pyrrole nitrogens is 2. The number of nitrogens with one attached hydrogen (secondary N) is 2. The van der Waals surface area contributed by atoms with Gasteiger partial charge in [0.15, 0.2) is 0 Å². The predicted molar refractivity (Wildman–Crippen MR) is 79.5 cm³/mol. The van der Waals surface area contributed by atoms with Crippen molar-refractivity contribution in [3.05, 3.63) is 57.3 Å². The fraction of sp³-hybridized carbons (Fsp3) is 0.375. The van der Waals surface area contributed by atoms with E-state index in [-0.39, 0.29) is 12.0 Å². The molecule has 7 heteroatoms. The minimum Gasteiger partial charge on any atom is -0.469 e. The lowest BCUT2D eigenvalue weighted by molar-refractivity contribution is -0.156. The van der Waals surface area contributed by atoms with Gasteiger partial charge in [0, 0.05) is 23.6 Å². The third-order valence-electron chi connectivity index (χ3n) is 4.43. The molecule has 0 saturated heterocycles. The largest absolute Gasteiger partial charge is 0.469 e. The molecule has 0 fully saturated rings. The van der Waals surface area contributed by atoms with Crippen LogP contribution in [0.1, 0.15) is 29.7 Å². The number of hydrogen-bond donors (Lipinski definition) is 3. The summed E-state index contributed by atoms with van der Waals surface area (Å²) in [7, 11) is 1.23. The lowest BCUT2D eigenvalue weighted by Gasteiger charge is -2.40. The fourth-order valence-electron chi connectivity index (χ4n) is 3.41. The van der Waals surface area contributed by atoms with E-state index in [1.165, 1.54) is 38.3 Å². The number of hydrogen-bond acceptors (Lipinski definition) is 4. The Bertz CT molecular complexity index is 791. The molecular formula is C16H17FN2O4.